The molecule has 0 aliphatic rings. The molecule has 5 heteroatoms. The number of hydrogen-bond donors (Lipinski definition) is 0. The van der Waals surface area contributed by atoms with Gasteiger partial charge in [0.1, 0.15) is 0 Å². The molecule has 0 spiro atoms. The van der Waals surface area contributed by atoms with E-state index in [0.29, 0.717) is 26.1 Å². The van der Waals surface area contributed by atoms with Crippen molar-refractivity contribution < 1.29 is 9.31 Å². The second-order valence-corrected chi connectivity index (χ2v) is 3.90. The van der Waals surface area contributed by atoms with Gasteiger partial charge in [-0.2, -0.15) is 0 Å². The Labute approximate surface area is 75.5 Å². The molecule has 0 bridgehead atoms. The van der Waals surface area contributed by atoms with Crippen molar-refractivity contribution in [2.24, 2.45) is 0 Å². The Bertz CT molecular complexity index is 282. The molecule has 0 heterocycles. The van der Waals surface area contributed by atoms with Gasteiger partial charge >= 0.3 is 75.2 Å². The summed E-state index contributed by atoms with van der Waals surface area (Å²) in [7, 11) is 0. The zero-order valence-corrected chi connectivity index (χ0v) is 8.75. The summed E-state index contributed by atoms with van der Waals surface area (Å²) in [4.78, 5) is 9.56. The summed E-state index contributed by atoms with van der Waals surface area (Å²) in [6, 6.07) is 3.60. The molecule has 2 radical (unpaired) electrons. The van der Waals surface area contributed by atoms with E-state index in [0.717, 1.165) is 6.07 Å². The van der Waals surface area contributed by atoms with Crippen LogP contribution in [0.4, 0.5) is 10.1 Å². The van der Waals surface area contributed by atoms with E-state index in [9.17, 15) is 14.5 Å². The van der Waals surface area contributed by atoms with E-state index in [2.05, 4.69) is 0 Å². The number of benzene rings is 1. The van der Waals surface area contributed by atoms with E-state index in [1.54, 1.807) is 0 Å². The van der Waals surface area contributed by atoms with E-state index < -0.39 is 10.7 Å². The summed E-state index contributed by atoms with van der Waals surface area (Å²) in [6.45, 7) is 0. The minimum absolute atomic E-state index is 0.174. The standard InChI is InChI=1S/C6H3FNO2.Sn.H/c7-5-2-1-3-6(4-5)8(9)10;;/h2-4H;;. The van der Waals surface area contributed by atoms with Gasteiger partial charge in [0.05, 0.1) is 0 Å². The van der Waals surface area contributed by atoms with Crippen molar-refractivity contribution in [1.82, 2.24) is 0 Å². The normalized spacial score (nSPS) is 9.64. The first kappa shape index (κ1) is 8.45. The second kappa shape index (κ2) is 3.16. The van der Waals surface area contributed by atoms with Gasteiger partial charge < -0.3 is 0 Å². The third kappa shape index (κ3) is 2.14. The Morgan fingerprint density at radius 3 is 2.55 bits per heavy atom. The average Bonchev–Trinajstić information content (AvgIpc) is 1.85. The topological polar surface area (TPSA) is 43.1 Å². The number of halogens is 1. The predicted octanol–water partition coefficient (Wildman–Crippen LogP) is 0.260. The number of rotatable bonds is 1. The monoisotopic (exact) mass is 261 g/mol. The average molecular weight is 260 g/mol. The van der Waals surface area contributed by atoms with Crippen molar-refractivity contribution in [3.05, 3.63) is 34.1 Å². The van der Waals surface area contributed by atoms with Crippen LogP contribution in [0.5, 0.6) is 0 Å². The molecule has 0 amide bonds. The summed E-state index contributed by atoms with van der Waals surface area (Å²) >= 11 is 0.685. The molecular weight excluding hydrogens is 256 g/mol. The molecule has 0 saturated heterocycles. The van der Waals surface area contributed by atoms with Gasteiger partial charge in [-0.3, -0.25) is 0 Å². The van der Waals surface area contributed by atoms with E-state index >= 15 is 0 Å². The maximum absolute atomic E-state index is 12.5. The Hall–Kier alpha value is -0.651. The third-order valence-electron chi connectivity index (χ3n) is 1.12. The van der Waals surface area contributed by atoms with Gasteiger partial charge in [0, 0.05) is 0 Å². The van der Waals surface area contributed by atoms with E-state index in [4.69, 9.17) is 0 Å². The fraction of sp³-hybridized carbons (Fsp3) is 0. The van der Waals surface area contributed by atoms with Crippen molar-refractivity contribution >= 4 is 31.8 Å². The first-order chi connectivity index (χ1) is 5.09. The van der Waals surface area contributed by atoms with Crippen LogP contribution in [0.2, 0.25) is 0 Å². The Morgan fingerprint density at radius 2 is 2.09 bits per heavy atom. The van der Waals surface area contributed by atoms with Crippen LogP contribution in [0.3, 0.4) is 0 Å². The Balaban J connectivity index is 3.19. The minimum atomic E-state index is -0.594. The summed E-state index contributed by atoms with van der Waals surface area (Å²) in [6.07, 6.45) is 0. The van der Waals surface area contributed by atoms with Crippen molar-refractivity contribution in [1.29, 1.82) is 0 Å². The van der Waals surface area contributed by atoms with Crippen LogP contribution in [0.15, 0.2) is 18.2 Å². The summed E-state index contributed by atoms with van der Waals surface area (Å²) < 4.78 is 13.2. The molecule has 1 aromatic carbocycles. The van der Waals surface area contributed by atoms with Crippen molar-refractivity contribution in [2.45, 2.75) is 0 Å². The molecule has 11 heavy (non-hydrogen) atoms. The fourth-order valence-corrected chi connectivity index (χ4v) is 1.64. The van der Waals surface area contributed by atoms with Crippen molar-refractivity contribution in [3.63, 3.8) is 0 Å². The van der Waals surface area contributed by atoms with Gasteiger partial charge in [0.25, 0.3) is 0 Å². The fourth-order valence-electron chi connectivity index (χ4n) is 0.702. The molecule has 0 saturated carbocycles. The van der Waals surface area contributed by atoms with Gasteiger partial charge in [-0.05, 0) is 0 Å². The van der Waals surface area contributed by atoms with Crippen molar-refractivity contribution in [2.75, 3.05) is 0 Å². The van der Waals surface area contributed by atoms with E-state index in [1.807, 2.05) is 0 Å². The zero-order valence-electron chi connectivity index (χ0n) is 5.45. The van der Waals surface area contributed by atoms with Gasteiger partial charge in [-0.15, -0.1) is 0 Å². The van der Waals surface area contributed by atoms with Crippen LogP contribution >= 0.6 is 0 Å². The quantitative estimate of drug-likeness (QED) is 0.413. The van der Waals surface area contributed by atoms with Crippen LogP contribution in [-0.4, -0.2) is 27.4 Å². The number of nitro groups is 1. The number of nitrogens with zero attached hydrogens (tertiary/aromatic N) is 1. The van der Waals surface area contributed by atoms with Crippen LogP contribution in [0, 0.1) is 15.9 Å². The zero-order chi connectivity index (χ0) is 8.43. The van der Waals surface area contributed by atoms with Gasteiger partial charge in [-0.25, -0.2) is 0 Å². The molecular formula is C6H4FNO2Sn. The molecule has 1 rings (SSSR count). The molecule has 1 aromatic rings. The molecule has 0 unspecified atom stereocenters. The molecule has 0 aliphatic carbocycles. The van der Waals surface area contributed by atoms with E-state index in [-0.39, 0.29) is 5.69 Å². The van der Waals surface area contributed by atoms with Gasteiger partial charge in [0.2, 0.25) is 0 Å². The van der Waals surface area contributed by atoms with Gasteiger partial charge in [0.15, 0.2) is 0 Å². The van der Waals surface area contributed by atoms with Crippen LogP contribution in [0.1, 0.15) is 0 Å². The second-order valence-electron chi connectivity index (χ2n) is 2.00. The molecule has 0 N–H and O–H groups in total. The first-order valence-electron chi connectivity index (χ1n) is 2.80. The summed E-state index contributed by atoms with van der Waals surface area (Å²) in [5.41, 5.74) is -0.174. The molecule has 0 fully saturated rings. The summed E-state index contributed by atoms with van der Waals surface area (Å²) in [5.74, 6) is -0.540. The Morgan fingerprint density at radius 1 is 1.45 bits per heavy atom. The summed E-state index contributed by atoms with van der Waals surface area (Å²) in [5, 5.41) is 10.2. The number of nitro benzene ring substituents is 1. The molecule has 0 aromatic heterocycles. The third-order valence-corrected chi connectivity index (χ3v) is 2.07. The first-order valence-corrected chi connectivity index (χ1v) is 4.45. The molecule has 0 aliphatic heterocycles. The SMILES string of the molecule is O=[N+]([O-])c1cc(F)c[c]([SnH])c1. The predicted molar refractivity (Wildman–Crippen MR) is 39.8 cm³/mol. The number of non-ortho nitro benzene ring substituents is 1. The molecule has 3 nitrogen and oxygen atoms in total. The van der Waals surface area contributed by atoms with Crippen LogP contribution in [0.25, 0.3) is 0 Å². The Kier molecular flexibility index (Phi) is 2.43. The molecule has 0 atom stereocenters. The molecule has 56 valence electrons. The van der Waals surface area contributed by atoms with Crippen LogP contribution < -0.4 is 3.58 Å². The van der Waals surface area contributed by atoms with Crippen LogP contribution in [-0.2, 0) is 0 Å². The maximum atomic E-state index is 12.5. The van der Waals surface area contributed by atoms with Crippen molar-refractivity contribution in [3.8, 4) is 0 Å². The van der Waals surface area contributed by atoms with Gasteiger partial charge in [-0.1, -0.05) is 0 Å². The van der Waals surface area contributed by atoms with E-state index in [1.165, 1.54) is 12.1 Å². The number of hydrogen-bond acceptors (Lipinski definition) is 2.